The van der Waals surface area contributed by atoms with Crippen LogP contribution in [-0.2, 0) is 11.3 Å². The third kappa shape index (κ3) is 7.51. The van der Waals surface area contributed by atoms with E-state index in [4.69, 9.17) is 16.3 Å². The zero-order chi connectivity index (χ0) is 17.0. The number of halogens is 1. The lowest BCUT2D eigenvalue weighted by Crippen LogP contribution is -2.39. The van der Waals surface area contributed by atoms with E-state index < -0.39 is 0 Å². The summed E-state index contributed by atoms with van der Waals surface area (Å²) in [4.78, 5) is 7.10. The van der Waals surface area contributed by atoms with Crippen LogP contribution >= 0.6 is 11.6 Å². The molecule has 0 aromatic heterocycles. The highest BCUT2D eigenvalue weighted by Gasteiger charge is 2.09. The number of guanidine groups is 1. The third-order valence-electron chi connectivity index (χ3n) is 3.95. The summed E-state index contributed by atoms with van der Waals surface area (Å²) in [7, 11) is 0. The summed E-state index contributed by atoms with van der Waals surface area (Å²) in [5.41, 5.74) is 1.12. The van der Waals surface area contributed by atoms with Crippen LogP contribution in [-0.4, -0.2) is 56.8 Å². The van der Waals surface area contributed by atoms with Crippen LogP contribution in [0.15, 0.2) is 29.3 Å². The lowest BCUT2D eigenvalue weighted by atomic mass is 10.2. The Morgan fingerprint density at radius 2 is 2.08 bits per heavy atom. The first-order valence-electron chi connectivity index (χ1n) is 8.84. The van der Waals surface area contributed by atoms with Crippen molar-refractivity contribution in [2.75, 3.05) is 45.9 Å². The van der Waals surface area contributed by atoms with Crippen molar-refractivity contribution in [3.05, 3.63) is 34.9 Å². The van der Waals surface area contributed by atoms with E-state index in [0.29, 0.717) is 6.54 Å². The van der Waals surface area contributed by atoms with Crippen molar-refractivity contribution in [1.82, 2.24) is 15.5 Å². The van der Waals surface area contributed by atoms with E-state index in [1.165, 1.54) is 6.42 Å². The second kappa shape index (κ2) is 11.3. The van der Waals surface area contributed by atoms with Crippen molar-refractivity contribution in [2.24, 2.45) is 4.99 Å². The summed E-state index contributed by atoms with van der Waals surface area (Å²) in [6, 6.07) is 7.84. The Morgan fingerprint density at radius 3 is 2.83 bits per heavy atom. The van der Waals surface area contributed by atoms with Crippen LogP contribution in [0.25, 0.3) is 0 Å². The molecule has 0 spiro atoms. The van der Waals surface area contributed by atoms with Gasteiger partial charge in [-0.1, -0.05) is 23.7 Å². The molecule has 1 fully saturated rings. The predicted molar refractivity (Wildman–Crippen MR) is 101 cm³/mol. The van der Waals surface area contributed by atoms with Crippen LogP contribution in [0, 0.1) is 0 Å². The van der Waals surface area contributed by atoms with Gasteiger partial charge in [-0.2, -0.15) is 0 Å². The average Bonchev–Trinajstić information content (AvgIpc) is 2.60. The number of nitrogens with one attached hydrogen (secondary N) is 2. The van der Waals surface area contributed by atoms with E-state index in [1.807, 2.05) is 24.3 Å². The summed E-state index contributed by atoms with van der Waals surface area (Å²) in [6.45, 7) is 9.53. The zero-order valence-electron chi connectivity index (χ0n) is 14.6. The third-order valence-corrected chi connectivity index (χ3v) is 4.19. The standard InChI is InChI=1S/C18H29ClN4O/c1-2-20-18(22-15-16-6-5-7-17(19)14-16)21-8-3-4-9-23-10-12-24-13-11-23/h5-7,14H,2-4,8-13,15H2,1H3,(H2,20,21,22). The van der Waals surface area contributed by atoms with Crippen molar-refractivity contribution >= 4 is 17.6 Å². The molecule has 6 heteroatoms. The van der Waals surface area contributed by atoms with Crippen LogP contribution in [0.4, 0.5) is 0 Å². The van der Waals surface area contributed by atoms with Gasteiger partial charge in [-0.05, 0) is 44.0 Å². The molecule has 134 valence electrons. The van der Waals surface area contributed by atoms with Crippen LogP contribution < -0.4 is 10.6 Å². The fourth-order valence-corrected chi connectivity index (χ4v) is 2.85. The maximum absolute atomic E-state index is 6.01. The summed E-state index contributed by atoms with van der Waals surface area (Å²) in [6.07, 6.45) is 2.33. The fraction of sp³-hybridized carbons (Fsp3) is 0.611. The van der Waals surface area contributed by atoms with Crippen LogP contribution in [0.1, 0.15) is 25.3 Å². The highest BCUT2D eigenvalue weighted by atomic mass is 35.5. The van der Waals surface area contributed by atoms with Gasteiger partial charge < -0.3 is 15.4 Å². The molecule has 0 unspecified atom stereocenters. The van der Waals surface area contributed by atoms with Gasteiger partial charge in [0, 0.05) is 31.2 Å². The van der Waals surface area contributed by atoms with E-state index in [0.717, 1.165) is 68.9 Å². The maximum atomic E-state index is 6.01. The topological polar surface area (TPSA) is 48.9 Å². The minimum atomic E-state index is 0.629. The van der Waals surface area contributed by atoms with Crippen LogP contribution in [0.2, 0.25) is 5.02 Å². The van der Waals surface area contributed by atoms with E-state index in [9.17, 15) is 0 Å². The smallest absolute Gasteiger partial charge is 0.191 e. The van der Waals surface area contributed by atoms with Gasteiger partial charge in [-0.15, -0.1) is 0 Å². The molecular weight excluding hydrogens is 324 g/mol. The van der Waals surface area contributed by atoms with Crippen molar-refractivity contribution < 1.29 is 4.74 Å². The Hall–Kier alpha value is -1.30. The summed E-state index contributed by atoms with van der Waals surface area (Å²) in [5.74, 6) is 0.865. The molecule has 1 aromatic carbocycles. The Morgan fingerprint density at radius 1 is 1.25 bits per heavy atom. The minimum absolute atomic E-state index is 0.629. The van der Waals surface area contributed by atoms with Gasteiger partial charge in [-0.25, -0.2) is 4.99 Å². The van der Waals surface area contributed by atoms with Gasteiger partial charge in [0.05, 0.1) is 19.8 Å². The Kier molecular flexibility index (Phi) is 8.95. The molecule has 1 aromatic rings. The van der Waals surface area contributed by atoms with Gasteiger partial charge in [0.2, 0.25) is 0 Å². The lowest BCUT2D eigenvalue weighted by molar-refractivity contribution is 0.0372. The Bertz CT molecular complexity index is 504. The molecular formula is C18H29ClN4O. The molecule has 1 aliphatic heterocycles. The van der Waals surface area contributed by atoms with E-state index in [2.05, 4.69) is 27.4 Å². The molecule has 1 aliphatic rings. The Balaban J connectivity index is 1.67. The first-order chi connectivity index (χ1) is 11.8. The highest BCUT2D eigenvalue weighted by molar-refractivity contribution is 6.30. The first-order valence-corrected chi connectivity index (χ1v) is 9.22. The van der Waals surface area contributed by atoms with Gasteiger partial charge in [0.25, 0.3) is 0 Å². The van der Waals surface area contributed by atoms with Crippen molar-refractivity contribution in [2.45, 2.75) is 26.3 Å². The highest BCUT2D eigenvalue weighted by Crippen LogP contribution is 2.11. The SMILES string of the molecule is CCNC(=NCc1cccc(Cl)c1)NCCCCN1CCOCC1. The van der Waals surface area contributed by atoms with E-state index >= 15 is 0 Å². The largest absolute Gasteiger partial charge is 0.379 e. The molecule has 0 atom stereocenters. The summed E-state index contributed by atoms with van der Waals surface area (Å²) in [5, 5.41) is 7.45. The van der Waals surface area contributed by atoms with Crippen LogP contribution in [0.3, 0.4) is 0 Å². The van der Waals surface area contributed by atoms with Gasteiger partial charge in [0.15, 0.2) is 5.96 Å². The molecule has 0 amide bonds. The molecule has 0 saturated carbocycles. The number of morpholine rings is 1. The number of ether oxygens (including phenoxy) is 1. The molecule has 2 N–H and O–H groups in total. The second-order valence-electron chi connectivity index (χ2n) is 5.91. The average molecular weight is 353 g/mol. The number of nitrogens with zero attached hydrogens (tertiary/aromatic N) is 2. The zero-order valence-corrected chi connectivity index (χ0v) is 15.3. The molecule has 24 heavy (non-hydrogen) atoms. The number of hydrogen-bond acceptors (Lipinski definition) is 3. The number of aliphatic imine (C=N–C) groups is 1. The molecule has 5 nitrogen and oxygen atoms in total. The molecule has 0 radical (unpaired) electrons. The van der Waals surface area contributed by atoms with Crippen molar-refractivity contribution in [3.63, 3.8) is 0 Å². The quantitative estimate of drug-likeness (QED) is 0.429. The predicted octanol–water partition coefficient (Wildman–Crippen LogP) is 2.51. The van der Waals surface area contributed by atoms with Crippen LogP contribution in [0.5, 0.6) is 0 Å². The fourth-order valence-electron chi connectivity index (χ4n) is 2.64. The first kappa shape index (κ1) is 19.0. The molecule has 1 saturated heterocycles. The van der Waals surface area contributed by atoms with Gasteiger partial charge >= 0.3 is 0 Å². The van der Waals surface area contributed by atoms with Crippen molar-refractivity contribution in [3.8, 4) is 0 Å². The second-order valence-corrected chi connectivity index (χ2v) is 6.35. The normalized spacial score (nSPS) is 16.2. The number of hydrogen-bond donors (Lipinski definition) is 2. The minimum Gasteiger partial charge on any atom is -0.379 e. The number of rotatable bonds is 8. The van der Waals surface area contributed by atoms with Gasteiger partial charge in [-0.3, -0.25) is 4.90 Å². The molecule has 0 bridgehead atoms. The van der Waals surface area contributed by atoms with Gasteiger partial charge in [0.1, 0.15) is 0 Å². The maximum Gasteiger partial charge on any atom is 0.191 e. The monoisotopic (exact) mass is 352 g/mol. The number of unbranched alkanes of at least 4 members (excludes halogenated alkanes) is 1. The lowest BCUT2D eigenvalue weighted by Gasteiger charge is -2.26. The summed E-state index contributed by atoms with van der Waals surface area (Å²) < 4.78 is 5.37. The van der Waals surface area contributed by atoms with Crippen molar-refractivity contribution in [1.29, 1.82) is 0 Å². The van der Waals surface area contributed by atoms with E-state index in [-0.39, 0.29) is 0 Å². The molecule has 2 rings (SSSR count). The molecule has 1 heterocycles. The van der Waals surface area contributed by atoms with E-state index in [1.54, 1.807) is 0 Å². The Labute approximate surface area is 150 Å². The number of benzene rings is 1. The summed E-state index contributed by atoms with van der Waals surface area (Å²) >= 11 is 6.01. The molecule has 0 aliphatic carbocycles.